The third-order valence-corrected chi connectivity index (χ3v) is 9.94. The van der Waals surface area contributed by atoms with Gasteiger partial charge in [-0.15, -0.1) is 0 Å². The summed E-state index contributed by atoms with van der Waals surface area (Å²) in [4.78, 5) is 12.9. The van der Waals surface area contributed by atoms with Crippen molar-refractivity contribution < 1.29 is 21.8 Å². The summed E-state index contributed by atoms with van der Waals surface area (Å²) in [6.45, 7) is 11.0. The Morgan fingerprint density at radius 1 is 0.885 bits per heavy atom. The van der Waals surface area contributed by atoms with Gasteiger partial charge in [0.2, 0.25) is 0 Å². The second-order valence-electron chi connectivity index (χ2n) is 7.55. The van der Waals surface area contributed by atoms with Crippen LogP contribution >= 0.6 is 7.26 Å². The minimum absolute atomic E-state index is 0. The molecule has 0 aliphatic carbocycles. The minimum Gasteiger partial charge on any atom is -1.00 e. The van der Waals surface area contributed by atoms with Gasteiger partial charge in [-0.25, -0.2) is 0 Å². The van der Waals surface area contributed by atoms with Crippen molar-refractivity contribution in [1.82, 2.24) is 0 Å². The van der Waals surface area contributed by atoms with E-state index in [-0.39, 0.29) is 22.9 Å². The van der Waals surface area contributed by atoms with Crippen molar-refractivity contribution >= 4 is 18.9 Å². The number of hydrogen-bond acceptors (Lipinski definition) is 1. The zero-order valence-corrected chi connectivity index (χ0v) is 20.0. The summed E-state index contributed by atoms with van der Waals surface area (Å²) in [5.41, 5.74) is 3.34. The SMILES string of the molecule is CCCC[P+](CCCC)(CCCC)CC(=O)Nc1c(C)cccc1C.[Br-]. The molecule has 0 aromatic heterocycles. The summed E-state index contributed by atoms with van der Waals surface area (Å²) in [5, 5.41) is 3.25. The number of benzene rings is 1. The predicted molar refractivity (Wildman–Crippen MR) is 116 cm³/mol. The van der Waals surface area contributed by atoms with E-state index >= 15 is 0 Å². The number of rotatable bonds is 12. The normalized spacial score (nSPS) is 11.1. The third kappa shape index (κ3) is 8.53. The fourth-order valence-electron chi connectivity index (χ4n) is 3.55. The number of para-hydroxylation sites is 1. The van der Waals surface area contributed by atoms with E-state index in [1.54, 1.807) is 0 Å². The summed E-state index contributed by atoms with van der Waals surface area (Å²) in [6, 6.07) is 6.22. The van der Waals surface area contributed by atoms with Gasteiger partial charge >= 0.3 is 0 Å². The first kappa shape index (κ1) is 25.6. The molecule has 1 rings (SSSR count). The molecule has 0 saturated carbocycles. The van der Waals surface area contributed by atoms with Gasteiger partial charge in [-0.1, -0.05) is 58.2 Å². The molecule has 0 aliphatic heterocycles. The van der Waals surface area contributed by atoms with Gasteiger partial charge in [0.25, 0.3) is 5.91 Å². The molecule has 2 nitrogen and oxygen atoms in total. The van der Waals surface area contributed by atoms with E-state index in [1.807, 2.05) is 0 Å². The number of aryl methyl sites for hydroxylation is 2. The number of carbonyl (C=O) groups is 1. The molecular formula is C22H39BrNOP. The van der Waals surface area contributed by atoms with E-state index in [9.17, 15) is 4.79 Å². The Balaban J connectivity index is 0.00000625. The number of unbranched alkanes of at least 4 members (excludes halogenated alkanes) is 3. The molecule has 1 aromatic rings. The van der Waals surface area contributed by atoms with Crippen LogP contribution in [0.25, 0.3) is 0 Å². The third-order valence-electron chi connectivity index (χ3n) is 5.18. The maximum atomic E-state index is 12.9. The van der Waals surface area contributed by atoms with Crippen LogP contribution in [0.2, 0.25) is 0 Å². The maximum Gasteiger partial charge on any atom is 0.261 e. The van der Waals surface area contributed by atoms with E-state index in [1.165, 1.54) is 57.0 Å². The highest BCUT2D eigenvalue weighted by Crippen LogP contribution is 2.60. The molecule has 0 spiro atoms. The number of amides is 1. The Hall–Kier alpha value is -0.400. The number of nitrogens with one attached hydrogen (secondary N) is 1. The van der Waals surface area contributed by atoms with Crippen LogP contribution < -0.4 is 22.3 Å². The second-order valence-corrected chi connectivity index (χ2v) is 11.9. The molecule has 0 heterocycles. The summed E-state index contributed by atoms with van der Waals surface area (Å²) < 4.78 is 0. The zero-order valence-electron chi connectivity index (χ0n) is 17.5. The summed E-state index contributed by atoms with van der Waals surface area (Å²) in [7, 11) is -1.18. The van der Waals surface area contributed by atoms with Gasteiger partial charge in [0.15, 0.2) is 0 Å². The van der Waals surface area contributed by atoms with Crippen LogP contribution in [0.3, 0.4) is 0 Å². The Kier molecular flexibility index (Phi) is 13.5. The summed E-state index contributed by atoms with van der Waals surface area (Å²) in [5.74, 6) is 0.244. The highest BCUT2D eigenvalue weighted by molar-refractivity contribution is 7.76. The van der Waals surface area contributed by atoms with Crippen LogP contribution in [0, 0.1) is 13.8 Å². The molecule has 0 fully saturated rings. The van der Waals surface area contributed by atoms with E-state index in [0.29, 0.717) is 0 Å². The molecular weight excluding hydrogens is 405 g/mol. The first-order chi connectivity index (χ1) is 12.0. The van der Waals surface area contributed by atoms with Crippen molar-refractivity contribution in [2.75, 3.05) is 30.0 Å². The molecule has 0 unspecified atom stereocenters. The van der Waals surface area contributed by atoms with Crippen LogP contribution in [0.1, 0.15) is 70.4 Å². The van der Waals surface area contributed by atoms with Crippen LogP contribution in [0.5, 0.6) is 0 Å². The first-order valence-corrected chi connectivity index (χ1v) is 12.7. The van der Waals surface area contributed by atoms with Crippen molar-refractivity contribution in [3.63, 3.8) is 0 Å². The number of hydrogen-bond donors (Lipinski definition) is 1. The highest BCUT2D eigenvalue weighted by atomic mass is 79.9. The molecule has 1 amide bonds. The highest BCUT2D eigenvalue weighted by Gasteiger charge is 2.38. The predicted octanol–water partition coefficient (Wildman–Crippen LogP) is 3.66. The lowest BCUT2D eigenvalue weighted by atomic mass is 10.1. The van der Waals surface area contributed by atoms with Crippen molar-refractivity contribution in [2.24, 2.45) is 0 Å². The minimum atomic E-state index is -1.18. The van der Waals surface area contributed by atoms with Crippen molar-refractivity contribution in [3.8, 4) is 0 Å². The van der Waals surface area contributed by atoms with E-state index < -0.39 is 7.26 Å². The van der Waals surface area contributed by atoms with Gasteiger partial charge in [-0.2, -0.15) is 0 Å². The molecule has 0 radical (unpaired) electrons. The Bertz CT molecular complexity index is 491. The molecule has 1 aromatic carbocycles. The number of carbonyl (C=O) groups excluding carboxylic acids is 1. The molecule has 4 heteroatoms. The second kappa shape index (κ2) is 13.7. The van der Waals surface area contributed by atoms with Crippen LogP contribution in [0.4, 0.5) is 5.69 Å². The molecule has 26 heavy (non-hydrogen) atoms. The fraction of sp³-hybridized carbons (Fsp3) is 0.682. The number of halogens is 1. The van der Waals surface area contributed by atoms with Gasteiger partial charge in [0, 0.05) is 12.9 Å². The summed E-state index contributed by atoms with van der Waals surface area (Å²) >= 11 is 0. The van der Waals surface area contributed by atoms with Crippen LogP contribution in [-0.4, -0.2) is 30.6 Å². The smallest absolute Gasteiger partial charge is 0.261 e. The largest absolute Gasteiger partial charge is 1.00 e. The first-order valence-electron chi connectivity index (χ1n) is 10.2. The lowest BCUT2D eigenvalue weighted by molar-refractivity contribution is -0.113. The van der Waals surface area contributed by atoms with Gasteiger partial charge in [-0.3, -0.25) is 4.79 Å². The molecule has 0 aliphatic rings. The van der Waals surface area contributed by atoms with E-state index in [2.05, 4.69) is 58.1 Å². The van der Waals surface area contributed by atoms with Gasteiger partial charge in [-0.05, 0) is 44.2 Å². The monoisotopic (exact) mass is 443 g/mol. The standard InChI is InChI=1S/C22H38NOP.BrH/c1-6-9-15-25(16-10-7-2,17-11-8-3)18-21(24)23-22-19(4)13-12-14-20(22)5;/h12-14H,6-11,15-18H2,1-5H3;1H. The van der Waals surface area contributed by atoms with Crippen LogP contribution in [-0.2, 0) is 4.79 Å². The average Bonchev–Trinajstić information content (AvgIpc) is 2.59. The molecule has 150 valence electrons. The quantitative estimate of drug-likeness (QED) is 0.490. The lowest BCUT2D eigenvalue weighted by Crippen LogP contribution is -3.00. The van der Waals surface area contributed by atoms with E-state index in [0.717, 1.165) is 23.0 Å². The van der Waals surface area contributed by atoms with E-state index in [4.69, 9.17) is 0 Å². The Labute approximate surface area is 173 Å². The van der Waals surface area contributed by atoms with Crippen molar-refractivity contribution in [3.05, 3.63) is 29.3 Å². The summed E-state index contributed by atoms with van der Waals surface area (Å²) in [6.07, 6.45) is 12.2. The Morgan fingerprint density at radius 3 is 1.69 bits per heavy atom. The molecule has 0 atom stereocenters. The van der Waals surface area contributed by atoms with Crippen molar-refractivity contribution in [2.45, 2.75) is 73.1 Å². The lowest BCUT2D eigenvalue weighted by Gasteiger charge is -2.27. The topological polar surface area (TPSA) is 29.1 Å². The number of anilines is 1. The zero-order chi connectivity index (χ0) is 18.7. The fourth-order valence-corrected chi connectivity index (χ4v) is 8.34. The van der Waals surface area contributed by atoms with Gasteiger partial charge < -0.3 is 22.3 Å². The average molecular weight is 444 g/mol. The van der Waals surface area contributed by atoms with Crippen molar-refractivity contribution in [1.29, 1.82) is 0 Å². The molecule has 1 N–H and O–H groups in total. The Morgan fingerprint density at radius 2 is 1.31 bits per heavy atom. The van der Waals surface area contributed by atoms with Gasteiger partial charge in [0.1, 0.15) is 6.16 Å². The molecule has 0 saturated heterocycles. The van der Waals surface area contributed by atoms with Crippen LogP contribution in [0.15, 0.2) is 18.2 Å². The van der Waals surface area contributed by atoms with Gasteiger partial charge in [0.05, 0.1) is 18.5 Å². The maximum absolute atomic E-state index is 12.9. The molecule has 0 bridgehead atoms.